The molecule has 1 rings (SSSR count). The lowest BCUT2D eigenvalue weighted by Gasteiger charge is -2.35. The van der Waals surface area contributed by atoms with E-state index in [4.69, 9.17) is 9.84 Å². The van der Waals surface area contributed by atoms with Gasteiger partial charge in [0.05, 0.1) is 24.9 Å². The highest BCUT2D eigenvalue weighted by molar-refractivity contribution is 4.86. The summed E-state index contributed by atoms with van der Waals surface area (Å²) in [5.74, 6) is 0. The molecule has 0 saturated carbocycles. The predicted molar refractivity (Wildman–Crippen MR) is 38.9 cm³/mol. The minimum atomic E-state index is -0.216. The lowest BCUT2D eigenvalue weighted by Crippen LogP contribution is -2.56. The van der Waals surface area contributed by atoms with Crippen LogP contribution in [0, 0.1) is 0 Å². The topological polar surface area (TPSA) is 41.5 Å². The molecule has 2 N–H and O–H groups in total. The minimum Gasteiger partial charge on any atom is -0.394 e. The van der Waals surface area contributed by atoms with E-state index in [2.05, 4.69) is 5.32 Å². The Hall–Kier alpha value is -0.120. The van der Waals surface area contributed by atoms with Crippen LogP contribution in [0.1, 0.15) is 13.8 Å². The maximum atomic E-state index is 8.89. The summed E-state index contributed by atoms with van der Waals surface area (Å²) in [5, 5.41) is 12.1. The van der Waals surface area contributed by atoms with Crippen LogP contribution in [-0.2, 0) is 4.74 Å². The van der Waals surface area contributed by atoms with Crippen molar-refractivity contribution < 1.29 is 9.84 Å². The van der Waals surface area contributed by atoms with Crippen molar-refractivity contribution >= 4 is 0 Å². The van der Waals surface area contributed by atoms with E-state index in [1.54, 1.807) is 0 Å². The number of rotatable bonds is 1. The van der Waals surface area contributed by atoms with Crippen LogP contribution in [0.25, 0.3) is 0 Å². The minimum absolute atomic E-state index is 0.139. The Morgan fingerprint density at radius 2 is 2.50 bits per heavy atom. The van der Waals surface area contributed by atoms with E-state index in [-0.39, 0.29) is 18.2 Å². The molecule has 0 aromatic rings. The molecule has 0 radical (unpaired) electrons. The molecule has 0 bridgehead atoms. The van der Waals surface area contributed by atoms with E-state index >= 15 is 0 Å². The Kier molecular flexibility index (Phi) is 2.28. The Bertz CT molecular complexity index is 108. The van der Waals surface area contributed by atoms with Crippen LogP contribution >= 0.6 is 0 Å². The van der Waals surface area contributed by atoms with Crippen LogP contribution in [-0.4, -0.2) is 36.5 Å². The molecule has 1 fully saturated rings. The molecule has 3 heteroatoms. The zero-order valence-corrected chi connectivity index (χ0v) is 6.55. The van der Waals surface area contributed by atoms with Crippen molar-refractivity contribution in [2.45, 2.75) is 25.5 Å². The first-order valence-corrected chi connectivity index (χ1v) is 3.64. The van der Waals surface area contributed by atoms with Crippen LogP contribution in [0.4, 0.5) is 0 Å². The maximum Gasteiger partial charge on any atom is 0.0672 e. The van der Waals surface area contributed by atoms with Gasteiger partial charge in [0, 0.05) is 6.54 Å². The number of hydrogen-bond donors (Lipinski definition) is 2. The molecule has 2 atom stereocenters. The summed E-state index contributed by atoms with van der Waals surface area (Å²) in [5.41, 5.74) is -0.216. The van der Waals surface area contributed by atoms with Crippen LogP contribution < -0.4 is 5.32 Å². The van der Waals surface area contributed by atoms with E-state index in [0.29, 0.717) is 6.61 Å². The van der Waals surface area contributed by atoms with Crippen molar-refractivity contribution in [1.82, 2.24) is 5.32 Å². The highest BCUT2D eigenvalue weighted by Crippen LogP contribution is 2.10. The standard InChI is InChI=1S/C7H15NO2/c1-6-3-8-7(2,4-9)5-10-6/h6,8-9H,3-5H2,1-2H3. The molecule has 0 aromatic carbocycles. The van der Waals surface area contributed by atoms with Gasteiger partial charge >= 0.3 is 0 Å². The fourth-order valence-corrected chi connectivity index (χ4v) is 0.928. The third-order valence-corrected chi connectivity index (χ3v) is 1.85. The molecule has 0 aromatic heterocycles. The van der Waals surface area contributed by atoms with Crippen molar-refractivity contribution in [2.24, 2.45) is 0 Å². The molecule has 60 valence electrons. The highest BCUT2D eigenvalue weighted by Gasteiger charge is 2.28. The second-order valence-corrected chi connectivity index (χ2v) is 3.22. The third kappa shape index (κ3) is 1.68. The summed E-state index contributed by atoms with van der Waals surface area (Å²) in [7, 11) is 0. The first kappa shape index (κ1) is 7.98. The fraction of sp³-hybridized carbons (Fsp3) is 1.00. The van der Waals surface area contributed by atoms with Crippen LogP contribution in [0.5, 0.6) is 0 Å². The number of aliphatic hydroxyl groups is 1. The van der Waals surface area contributed by atoms with Crippen molar-refractivity contribution in [2.75, 3.05) is 19.8 Å². The Balaban J connectivity index is 2.38. The lowest BCUT2D eigenvalue weighted by atomic mass is 10.0. The normalized spacial score (nSPS) is 41.7. The highest BCUT2D eigenvalue weighted by atomic mass is 16.5. The van der Waals surface area contributed by atoms with Gasteiger partial charge in [0.25, 0.3) is 0 Å². The van der Waals surface area contributed by atoms with Crippen LogP contribution in [0.3, 0.4) is 0 Å². The molecule has 1 heterocycles. The number of hydrogen-bond acceptors (Lipinski definition) is 3. The van der Waals surface area contributed by atoms with Crippen molar-refractivity contribution in [3.05, 3.63) is 0 Å². The summed E-state index contributed by atoms with van der Waals surface area (Å²) < 4.78 is 5.36. The zero-order chi connectivity index (χ0) is 7.61. The molecular formula is C7H15NO2. The fourth-order valence-electron chi connectivity index (χ4n) is 0.928. The van der Waals surface area contributed by atoms with Gasteiger partial charge in [-0.1, -0.05) is 0 Å². The van der Waals surface area contributed by atoms with Crippen LogP contribution in [0.15, 0.2) is 0 Å². The monoisotopic (exact) mass is 145 g/mol. The number of aliphatic hydroxyl groups excluding tert-OH is 1. The Morgan fingerprint density at radius 1 is 1.80 bits per heavy atom. The molecule has 0 spiro atoms. The van der Waals surface area contributed by atoms with Crippen molar-refractivity contribution in [1.29, 1.82) is 0 Å². The van der Waals surface area contributed by atoms with Gasteiger partial charge < -0.3 is 15.2 Å². The number of nitrogens with one attached hydrogen (secondary N) is 1. The molecule has 1 saturated heterocycles. The molecule has 1 aliphatic rings. The molecule has 10 heavy (non-hydrogen) atoms. The Morgan fingerprint density at radius 3 is 2.90 bits per heavy atom. The van der Waals surface area contributed by atoms with E-state index in [1.165, 1.54) is 0 Å². The largest absolute Gasteiger partial charge is 0.394 e. The molecule has 1 aliphatic heterocycles. The second kappa shape index (κ2) is 2.86. The summed E-state index contributed by atoms with van der Waals surface area (Å²) in [6.45, 7) is 5.55. The number of ether oxygens (including phenoxy) is 1. The van der Waals surface area contributed by atoms with Gasteiger partial charge in [0.2, 0.25) is 0 Å². The molecule has 3 nitrogen and oxygen atoms in total. The van der Waals surface area contributed by atoms with E-state index < -0.39 is 0 Å². The molecule has 0 aliphatic carbocycles. The van der Waals surface area contributed by atoms with Gasteiger partial charge in [0.15, 0.2) is 0 Å². The summed E-state index contributed by atoms with van der Waals surface area (Å²) in [6, 6.07) is 0. The van der Waals surface area contributed by atoms with Crippen molar-refractivity contribution in [3.8, 4) is 0 Å². The summed E-state index contributed by atoms with van der Waals surface area (Å²) >= 11 is 0. The third-order valence-electron chi connectivity index (χ3n) is 1.85. The van der Waals surface area contributed by atoms with Gasteiger partial charge in [-0.25, -0.2) is 0 Å². The van der Waals surface area contributed by atoms with Gasteiger partial charge in [-0.05, 0) is 13.8 Å². The van der Waals surface area contributed by atoms with E-state index in [0.717, 1.165) is 6.54 Å². The van der Waals surface area contributed by atoms with Crippen molar-refractivity contribution in [3.63, 3.8) is 0 Å². The Labute approximate surface area is 61.4 Å². The summed E-state index contributed by atoms with van der Waals surface area (Å²) in [6.07, 6.45) is 0.277. The average Bonchev–Trinajstić information content (AvgIpc) is 1.96. The maximum absolute atomic E-state index is 8.89. The van der Waals surface area contributed by atoms with Crippen LogP contribution in [0.2, 0.25) is 0 Å². The van der Waals surface area contributed by atoms with Gasteiger partial charge in [-0.2, -0.15) is 0 Å². The second-order valence-electron chi connectivity index (χ2n) is 3.22. The van der Waals surface area contributed by atoms with E-state index in [1.807, 2.05) is 13.8 Å². The summed E-state index contributed by atoms with van der Waals surface area (Å²) in [4.78, 5) is 0. The van der Waals surface area contributed by atoms with Gasteiger partial charge in [-0.3, -0.25) is 0 Å². The quantitative estimate of drug-likeness (QED) is 0.534. The molecule has 0 amide bonds. The predicted octanol–water partition coefficient (Wildman–Crippen LogP) is -0.254. The van der Waals surface area contributed by atoms with E-state index in [9.17, 15) is 0 Å². The number of morpholine rings is 1. The average molecular weight is 145 g/mol. The first-order chi connectivity index (χ1) is 4.66. The zero-order valence-electron chi connectivity index (χ0n) is 6.55. The molecular weight excluding hydrogens is 130 g/mol. The SMILES string of the molecule is CC1CNC(C)(CO)CO1. The smallest absolute Gasteiger partial charge is 0.0672 e. The van der Waals surface area contributed by atoms with Gasteiger partial charge in [0.1, 0.15) is 0 Å². The first-order valence-electron chi connectivity index (χ1n) is 3.64. The van der Waals surface area contributed by atoms with Gasteiger partial charge in [-0.15, -0.1) is 0 Å². The molecule has 2 unspecified atom stereocenters. The lowest BCUT2D eigenvalue weighted by molar-refractivity contribution is -0.0356.